The molecule has 0 saturated carbocycles. The smallest absolute Gasteiger partial charge is 0.269 e. The van der Waals surface area contributed by atoms with E-state index in [1.165, 1.54) is 12.1 Å². The van der Waals surface area contributed by atoms with Gasteiger partial charge in [-0.2, -0.15) is 0 Å². The van der Waals surface area contributed by atoms with Gasteiger partial charge in [0, 0.05) is 38.9 Å². The Morgan fingerprint density at radius 1 is 1.41 bits per heavy atom. The van der Waals surface area contributed by atoms with Gasteiger partial charge in [0.1, 0.15) is 0 Å². The van der Waals surface area contributed by atoms with E-state index in [-0.39, 0.29) is 5.69 Å². The van der Waals surface area contributed by atoms with E-state index in [1.807, 2.05) is 0 Å². The van der Waals surface area contributed by atoms with Gasteiger partial charge >= 0.3 is 0 Å². The van der Waals surface area contributed by atoms with Gasteiger partial charge in [-0.1, -0.05) is 18.2 Å². The number of nitro groups is 1. The summed E-state index contributed by atoms with van der Waals surface area (Å²) >= 11 is 0. The fraction of sp³-hybridized carbons (Fsp3) is 0.400. The van der Waals surface area contributed by atoms with Crippen LogP contribution < -0.4 is 10.6 Å². The van der Waals surface area contributed by atoms with Crippen LogP contribution in [0.1, 0.15) is 12.0 Å². The third-order valence-corrected chi connectivity index (χ3v) is 2.80. The molecule has 0 unspecified atom stereocenters. The van der Waals surface area contributed by atoms with Crippen molar-refractivity contribution in [1.29, 1.82) is 0 Å². The van der Waals surface area contributed by atoms with Crippen LogP contribution in [-0.4, -0.2) is 37.7 Å². The molecular formula is C15H22N4O3. The van der Waals surface area contributed by atoms with Gasteiger partial charge < -0.3 is 15.4 Å². The molecule has 0 fully saturated rings. The van der Waals surface area contributed by atoms with Crippen LogP contribution in [0.2, 0.25) is 0 Å². The Kier molecular flexibility index (Phi) is 8.29. The standard InChI is InChI=1S/C15H22N4O3/c1-3-9-16-15(17-10-4-11-22-2)18-12-13-5-7-14(8-6-13)19(20)21/h3,5-8H,1,4,9-12H2,2H3,(H2,16,17,18). The van der Waals surface area contributed by atoms with Crippen molar-refractivity contribution >= 4 is 11.6 Å². The Morgan fingerprint density at radius 2 is 2.14 bits per heavy atom. The molecule has 1 aromatic rings. The summed E-state index contributed by atoms with van der Waals surface area (Å²) in [4.78, 5) is 14.6. The third-order valence-electron chi connectivity index (χ3n) is 2.80. The number of rotatable bonds is 9. The molecule has 0 amide bonds. The van der Waals surface area contributed by atoms with Crippen LogP contribution in [0.15, 0.2) is 41.9 Å². The lowest BCUT2D eigenvalue weighted by atomic mass is 10.2. The third kappa shape index (κ3) is 6.85. The highest BCUT2D eigenvalue weighted by Crippen LogP contribution is 2.12. The van der Waals surface area contributed by atoms with Crippen LogP contribution in [0.5, 0.6) is 0 Å². The fourth-order valence-corrected chi connectivity index (χ4v) is 1.66. The van der Waals surface area contributed by atoms with Crippen LogP contribution in [0.3, 0.4) is 0 Å². The highest BCUT2D eigenvalue weighted by atomic mass is 16.6. The Morgan fingerprint density at radius 3 is 2.73 bits per heavy atom. The molecular weight excluding hydrogens is 284 g/mol. The number of benzene rings is 1. The number of nitrogens with one attached hydrogen (secondary N) is 2. The van der Waals surface area contributed by atoms with E-state index in [2.05, 4.69) is 22.2 Å². The molecule has 0 bridgehead atoms. The monoisotopic (exact) mass is 306 g/mol. The van der Waals surface area contributed by atoms with E-state index in [9.17, 15) is 10.1 Å². The van der Waals surface area contributed by atoms with Crippen molar-refractivity contribution in [1.82, 2.24) is 10.6 Å². The Bertz CT molecular complexity index is 500. The summed E-state index contributed by atoms with van der Waals surface area (Å²) in [5.41, 5.74) is 0.984. The largest absolute Gasteiger partial charge is 0.385 e. The highest BCUT2D eigenvalue weighted by Gasteiger charge is 2.04. The van der Waals surface area contributed by atoms with Gasteiger partial charge in [0.2, 0.25) is 0 Å². The van der Waals surface area contributed by atoms with E-state index in [1.54, 1.807) is 25.3 Å². The molecule has 0 atom stereocenters. The van der Waals surface area contributed by atoms with E-state index in [0.29, 0.717) is 25.7 Å². The van der Waals surface area contributed by atoms with Crippen LogP contribution in [-0.2, 0) is 11.3 Å². The molecule has 0 saturated heterocycles. The molecule has 1 rings (SSSR count). The summed E-state index contributed by atoms with van der Waals surface area (Å²) in [7, 11) is 1.67. The zero-order valence-corrected chi connectivity index (χ0v) is 12.7. The van der Waals surface area contributed by atoms with Gasteiger partial charge in [0.25, 0.3) is 5.69 Å². The molecule has 7 nitrogen and oxygen atoms in total. The summed E-state index contributed by atoms with van der Waals surface area (Å²) in [5.74, 6) is 0.675. The SMILES string of the molecule is C=CCNC(=NCc1ccc([N+](=O)[O-])cc1)NCCCOC. The van der Waals surface area contributed by atoms with Crippen molar-refractivity contribution in [2.45, 2.75) is 13.0 Å². The lowest BCUT2D eigenvalue weighted by Gasteiger charge is -2.11. The summed E-state index contributed by atoms with van der Waals surface area (Å²) in [6.45, 7) is 6.14. The van der Waals surface area contributed by atoms with Gasteiger partial charge in [0.05, 0.1) is 11.5 Å². The minimum absolute atomic E-state index is 0.0791. The van der Waals surface area contributed by atoms with Crippen molar-refractivity contribution < 1.29 is 9.66 Å². The summed E-state index contributed by atoms with van der Waals surface area (Å²) in [6, 6.07) is 6.37. The lowest BCUT2D eigenvalue weighted by molar-refractivity contribution is -0.384. The molecule has 0 spiro atoms. The normalized spacial score (nSPS) is 11.0. The molecule has 0 aliphatic heterocycles. The molecule has 0 radical (unpaired) electrons. The Hall–Kier alpha value is -2.41. The van der Waals surface area contributed by atoms with Gasteiger partial charge in [0.15, 0.2) is 5.96 Å². The first-order valence-electron chi connectivity index (χ1n) is 7.02. The first-order chi connectivity index (χ1) is 10.7. The molecule has 0 aliphatic rings. The molecule has 0 heterocycles. The van der Waals surface area contributed by atoms with Gasteiger partial charge in [-0.25, -0.2) is 4.99 Å². The summed E-state index contributed by atoms with van der Waals surface area (Å²) in [6.07, 6.45) is 2.63. The first-order valence-corrected chi connectivity index (χ1v) is 7.02. The van der Waals surface area contributed by atoms with E-state index in [0.717, 1.165) is 18.5 Å². The average Bonchev–Trinajstić information content (AvgIpc) is 2.53. The topological polar surface area (TPSA) is 88.8 Å². The maximum absolute atomic E-state index is 10.6. The van der Waals surface area contributed by atoms with Gasteiger partial charge in [-0.05, 0) is 12.0 Å². The maximum atomic E-state index is 10.6. The number of non-ortho nitro benzene ring substituents is 1. The number of nitro benzene ring substituents is 1. The van der Waals surface area contributed by atoms with Crippen LogP contribution in [0.4, 0.5) is 5.69 Å². The number of hydrogen-bond acceptors (Lipinski definition) is 4. The van der Waals surface area contributed by atoms with Crippen LogP contribution in [0.25, 0.3) is 0 Å². The second-order valence-corrected chi connectivity index (χ2v) is 4.53. The van der Waals surface area contributed by atoms with Crippen molar-refractivity contribution in [3.05, 3.63) is 52.6 Å². The second-order valence-electron chi connectivity index (χ2n) is 4.53. The molecule has 2 N–H and O–H groups in total. The quantitative estimate of drug-likeness (QED) is 0.181. The van der Waals surface area contributed by atoms with Crippen LogP contribution in [0, 0.1) is 10.1 Å². The van der Waals surface area contributed by atoms with E-state index < -0.39 is 4.92 Å². The number of methoxy groups -OCH3 is 1. The molecule has 22 heavy (non-hydrogen) atoms. The number of ether oxygens (including phenoxy) is 1. The zero-order chi connectivity index (χ0) is 16.2. The van der Waals surface area contributed by atoms with E-state index >= 15 is 0 Å². The molecule has 120 valence electrons. The molecule has 0 aliphatic carbocycles. The number of aliphatic imine (C=N–C) groups is 1. The highest BCUT2D eigenvalue weighted by molar-refractivity contribution is 5.79. The zero-order valence-electron chi connectivity index (χ0n) is 12.7. The Balaban J connectivity index is 2.57. The number of nitrogens with zero attached hydrogens (tertiary/aromatic N) is 2. The van der Waals surface area contributed by atoms with Crippen molar-refractivity contribution in [3.63, 3.8) is 0 Å². The molecule has 7 heteroatoms. The number of guanidine groups is 1. The predicted molar refractivity (Wildman–Crippen MR) is 86.9 cm³/mol. The fourth-order valence-electron chi connectivity index (χ4n) is 1.66. The van der Waals surface area contributed by atoms with Gasteiger partial charge in [-0.15, -0.1) is 6.58 Å². The number of hydrogen-bond donors (Lipinski definition) is 2. The van der Waals surface area contributed by atoms with Crippen LogP contribution >= 0.6 is 0 Å². The average molecular weight is 306 g/mol. The minimum atomic E-state index is -0.415. The molecule has 0 aromatic heterocycles. The van der Waals surface area contributed by atoms with Crippen molar-refractivity contribution in [3.8, 4) is 0 Å². The summed E-state index contributed by atoms with van der Waals surface area (Å²) in [5, 5.41) is 16.9. The van der Waals surface area contributed by atoms with E-state index in [4.69, 9.17) is 4.74 Å². The second kappa shape index (κ2) is 10.3. The minimum Gasteiger partial charge on any atom is -0.385 e. The molecule has 1 aromatic carbocycles. The lowest BCUT2D eigenvalue weighted by Crippen LogP contribution is -2.38. The van der Waals surface area contributed by atoms with Crippen molar-refractivity contribution in [2.24, 2.45) is 4.99 Å². The first kappa shape index (κ1) is 17.6. The van der Waals surface area contributed by atoms with Crippen molar-refractivity contribution in [2.75, 3.05) is 26.8 Å². The Labute approximate surface area is 130 Å². The predicted octanol–water partition coefficient (Wildman–Crippen LogP) is 1.85. The maximum Gasteiger partial charge on any atom is 0.269 e. The summed E-state index contributed by atoms with van der Waals surface area (Å²) < 4.78 is 4.99. The van der Waals surface area contributed by atoms with Gasteiger partial charge in [-0.3, -0.25) is 10.1 Å².